The Balaban J connectivity index is 1.61. The molecule has 0 atom stereocenters. The molecule has 1 aromatic heterocycles. The van der Waals surface area contributed by atoms with Gasteiger partial charge in [-0.1, -0.05) is 47.5 Å². The first-order valence-electron chi connectivity index (χ1n) is 7.82. The Morgan fingerprint density at radius 3 is 2.72 bits per heavy atom. The van der Waals surface area contributed by atoms with E-state index in [4.69, 9.17) is 23.2 Å². The molecule has 7 heteroatoms. The van der Waals surface area contributed by atoms with Crippen LogP contribution in [0.4, 0.5) is 17.5 Å². The van der Waals surface area contributed by atoms with E-state index >= 15 is 0 Å². The van der Waals surface area contributed by atoms with Crippen molar-refractivity contribution in [3.63, 3.8) is 0 Å². The molecule has 0 amide bonds. The quantitative estimate of drug-likeness (QED) is 0.644. The molecule has 3 rings (SSSR count). The van der Waals surface area contributed by atoms with Crippen molar-refractivity contribution in [3.05, 3.63) is 69.8 Å². The lowest BCUT2D eigenvalue weighted by Gasteiger charge is -2.10. The van der Waals surface area contributed by atoms with Crippen LogP contribution in [0.2, 0.25) is 10.0 Å². The summed E-state index contributed by atoms with van der Waals surface area (Å²) in [4.78, 5) is 4.43. The summed E-state index contributed by atoms with van der Waals surface area (Å²) in [7, 11) is 0. The zero-order chi connectivity index (χ0) is 17.6. The zero-order valence-corrected chi connectivity index (χ0v) is 15.1. The maximum Gasteiger partial charge on any atom is 0.249 e. The third kappa shape index (κ3) is 4.81. The summed E-state index contributed by atoms with van der Waals surface area (Å²) in [5.74, 6) is 1.10. The van der Waals surface area contributed by atoms with E-state index in [0.29, 0.717) is 28.4 Å². The van der Waals surface area contributed by atoms with E-state index in [0.717, 1.165) is 23.2 Å². The van der Waals surface area contributed by atoms with Crippen molar-refractivity contribution in [2.75, 3.05) is 17.2 Å². The first-order chi connectivity index (χ1) is 12.1. The molecule has 2 N–H and O–H groups in total. The fourth-order valence-electron chi connectivity index (χ4n) is 2.32. The molecule has 3 aromatic rings. The molecule has 128 valence electrons. The van der Waals surface area contributed by atoms with Gasteiger partial charge in [-0.2, -0.15) is 10.1 Å². The molecule has 0 saturated carbocycles. The van der Waals surface area contributed by atoms with Gasteiger partial charge in [-0.25, -0.2) is 0 Å². The largest absolute Gasteiger partial charge is 0.368 e. The Bertz CT molecular complexity index is 870. The molecule has 5 nitrogen and oxygen atoms in total. The number of hydrogen-bond acceptors (Lipinski definition) is 5. The van der Waals surface area contributed by atoms with Crippen molar-refractivity contribution >= 4 is 40.7 Å². The van der Waals surface area contributed by atoms with Crippen molar-refractivity contribution in [2.45, 2.75) is 13.3 Å². The minimum Gasteiger partial charge on any atom is -0.368 e. The van der Waals surface area contributed by atoms with Gasteiger partial charge >= 0.3 is 0 Å². The zero-order valence-electron chi connectivity index (χ0n) is 13.6. The molecule has 2 aromatic carbocycles. The lowest BCUT2D eigenvalue weighted by Crippen LogP contribution is -2.09. The second-order valence-corrected chi connectivity index (χ2v) is 6.36. The van der Waals surface area contributed by atoms with Crippen molar-refractivity contribution in [1.29, 1.82) is 0 Å². The number of hydrogen-bond donors (Lipinski definition) is 2. The Morgan fingerprint density at radius 2 is 1.92 bits per heavy atom. The Kier molecular flexibility index (Phi) is 5.68. The summed E-state index contributed by atoms with van der Waals surface area (Å²) < 4.78 is 0. The Hall–Kier alpha value is -2.37. The van der Waals surface area contributed by atoms with Gasteiger partial charge in [0.25, 0.3) is 0 Å². The number of nitrogens with zero attached hydrogens (tertiary/aromatic N) is 3. The molecule has 0 radical (unpaired) electrons. The average molecular weight is 374 g/mol. The van der Waals surface area contributed by atoms with Crippen LogP contribution in [0.5, 0.6) is 0 Å². The number of rotatable bonds is 6. The highest BCUT2D eigenvalue weighted by atomic mass is 35.5. The number of aryl methyl sites for hydroxylation is 1. The van der Waals surface area contributed by atoms with Gasteiger partial charge in [-0.05, 0) is 42.7 Å². The fraction of sp³-hybridized carbons (Fsp3) is 0.167. The van der Waals surface area contributed by atoms with E-state index < -0.39 is 0 Å². The SMILES string of the molecule is Cc1ccccc1Nc1nncc(NCCc2ccc(Cl)cc2Cl)n1. The fourth-order valence-corrected chi connectivity index (χ4v) is 2.83. The molecule has 0 spiro atoms. The number of anilines is 3. The molecule has 0 unspecified atom stereocenters. The van der Waals surface area contributed by atoms with E-state index in [1.54, 1.807) is 12.3 Å². The van der Waals surface area contributed by atoms with Crippen LogP contribution in [0, 0.1) is 6.92 Å². The Labute approximate surface area is 156 Å². The lowest BCUT2D eigenvalue weighted by molar-refractivity contribution is 0.950. The van der Waals surface area contributed by atoms with E-state index in [1.165, 1.54) is 0 Å². The number of aromatic nitrogens is 3. The van der Waals surface area contributed by atoms with E-state index in [-0.39, 0.29) is 0 Å². The monoisotopic (exact) mass is 373 g/mol. The van der Waals surface area contributed by atoms with E-state index in [1.807, 2.05) is 43.3 Å². The minimum atomic E-state index is 0.448. The molecular weight excluding hydrogens is 357 g/mol. The van der Waals surface area contributed by atoms with Crippen LogP contribution in [-0.4, -0.2) is 21.7 Å². The maximum absolute atomic E-state index is 6.18. The predicted octanol–water partition coefficient (Wildman–Crippen LogP) is 4.89. The van der Waals surface area contributed by atoms with Crippen LogP contribution in [0.25, 0.3) is 0 Å². The van der Waals surface area contributed by atoms with Crippen molar-refractivity contribution in [1.82, 2.24) is 15.2 Å². The highest BCUT2D eigenvalue weighted by molar-refractivity contribution is 6.35. The Morgan fingerprint density at radius 1 is 1.08 bits per heavy atom. The number of halogens is 2. The van der Waals surface area contributed by atoms with E-state index in [2.05, 4.69) is 25.8 Å². The van der Waals surface area contributed by atoms with Crippen LogP contribution in [-0.2, 0) is 6.42 Å². The van der Waals surface area contributed by atoms with Crippen molar-refractivity contribution in [3.8, 4) is 0 Å². The second-order valence-electron chi connectivity index (χ2n) is 5.52. The number of nitrogens with one attached hydrogen (secondary N) is 2. The van der Waals surface area contributed by atoms with Gasteiger partial charge in [0, 0.05) is 22.3 Å². The molecule has 0 aliphatic rings. The first-order valence-corrected chi connectivity index (χ1v) is 8.57. The number of para-hydroxylation sites is 1. The first kappa shape index (κ1) is 17.5. The van der Waals surface area contributed by atoms with Gasteiger partial charge in [-0.3, -0.25) is 0 Å². The summed E-state index contributed by atoms with van der Waals surface area (Å²) in [6.45, 7) is 2.69. The van der Waals surface area contributed by atoms with Crippen LogP contribution < -0.4 is 10.6 Å². The summed E-state index contributed by atoms with van der Waals surface area (Å²) in [6.07, 6.45) is 2.34. The maximum atomic E-state index is 6.18. The van der Waals surface area contributed by atoms with E-state index in [9.17, 15) is 0 Å². The third-order valence-electron chi connectivity index (χ3n) is 3.67. The van der Waals surface area contributed by atoms with Gasteiger partial charge in [0.05, 0.1) is 6.20 Å². The lowest BCUT2D eigenvalue weighted by atomic mass is 10.1. The standard InChI is InChI=1S/C18H17Cl2N5/c1-12-4-2-3-5-16(12)23-18-24-17(11-22-25-18)21-9-8-13-6-7-14(19)10-15(13)20/h2-7,10-11H,8-9H2,1H3,(H2,21,23,24,25). The van der Waals surface area contributed by atoms with Crippen LogP contribution in [0.3, 0.4) is 0 Å². The summed E-state index contributed by atoms with van der Waals surface area (Å²) in [5, 5.41) is 15.7. The summed E-state index contributed by atoms with van der Waals surface area (Å²) in [5.41, 5.74) is 3.09. The normalized spacial score (nSPS) is 10.5. The van der Waals surface area contributed by atoms with Crippen molar-refractivity contribution in [2.24, 2.45) is 0 Å². The number of benzene rings is 2. The smallest absolute Gasteiger partial charge is 0.249 e. The van der Waals surface area contributed by atoms with Gasteiger partial charge in [0.1, 0.15) is 0 Å². The van der Waals surface area contributed by atoms with Crippen LogP contribution in [0.1, 0.15) is 11.1 Å². The molecule has 0 bridgehead atoms. The molecule has 25 heavy (non-hydrogen) atoms. The highest BCUT2D eigenvalue weighted by Gasteiger charge is 2.04. The molecule has 0 fully saturated rings. The van der Waals surface area contributed by atoms with Crippen LogP contribution in [0.15, 0.2) is 48.7 Å². The predicted molar refractivity (Wildman–Crippen MR) is 103 cm³/mol. The van der Waals surface area contributed by atoms with Gasteiger partial charge in [0.2, 0.25) is 5.95 Å². The topological polar surface area (TPSA) is 62.7 Å². The van der Waals surface area contributed by atoms with Gasteiger partial charge in [0.15, 0.2) is 5.82 Å². The van der Waals surface area contributed by atoms with Crippen LogP contribution >= 0.6 is 23.2 Å². The molecule has 0 aliphatic heterocycles. The molecule has 0 saturated heterocycles. The summed E-state index contributed by atoms with van der Waals surface area (Å²) in [6, 6.07) is 13.4. The average Bonchev–Trinajstić information content (AvgIpc) is 2.59. The van der Waals surface area contributed by atoms with Gasteiger partial charge < -0.3 is 10.6 Å². The van der Waals surface area contributed by atoms with Crippen molar-refractivity contribution < 1.29 is 0 Å². The minimum absolute atomic E-state index is 0.448. The van der Waals surface area contributed by atoms with Gasteiger partial charge in [-0.15, -0.1) is 5.10 Å². The highest BCUT2D eigenvalue weighted by Crippen LogP contribution is 2.21. The molecular formula is C18H17Cl2N5. The molecule has 1 heterocycles. The third-order valence-corrected chi connectivity index (χ3v) is 4.25. The summed E-state index contributed by atoms with van der Waals surface area (Å²) >= 11 is 12.1. The molecule has 0 aliphatic carbocycles. The second kappa shape index (κ2) is 8.14.